The molecule has 28 heavy (non-hydrogen) atoms. The predicted molar refractivity (Wildman–Crippen MR) is 107 cm³/mol. The van der Waals surface area contributed by atoms with E-state index >= 15 is 0 Å². The standard InChI is InChI=1S/C19H15N3O5S/c1-2-21-17(23)16(11-12-6-3-4-9-15(12)22(26)27)28-19(21)20-14-8-5-7-13(10-14)18(24)25/h3-11H,2H2,1H3,(H,24,25)/b16-11-,20-19?. The number of amidine groups is 1. The summed E-state index contributed by atoms with van der Waals surface area (Å²) in [5.74, 6) is -1.37. The summed E-state index contributed by atoms with van der Waals surface area (Å²) in [4.78, 5) is 40.7. The molecule has 1 fully saturated rings. The molecular weight excluding hydrogens is 382 g/mol. The van der Waals surface area contributed by atoms with Gasteiger partial charge >= 0.3 is 5.97 Å². The molecule has 1 aliphatic heterocycles. The van der Waals surface area contributed by atoms with Crippen molar-refractivity contribution in [3.8, 4) is 0 Å². The van der Waals surface area contributed by atoms with Crippen molar-refractivity contribution < 1.29 is 19.6 Å². The summed E-state index contributed by atoms with van der Waals surface area (Å²) in [6.07, 6.45) is 1.48. The van der Waals surface area contributed by atoms with Crippen LogP contribution < -0.4 is 0 Å². The maximum Gasteiger partial charge on any atom is 0.335 e. The van der Waals surface area contributed by atoms with Crippen LogP contribution in [0.4, 0.5) is 11.4 Å². The molecule has 0 aliphatic carbocycles. The smallest absolute Gasteiger partial charge is 0.335 e. The Hall–Kier alpha value is -3.46. The molecule has 142 valence electrons. The SMILES string of the molecule is CCN1C(=O)/C(=C/c2ccccc2[N+](=O)[O-])SC1=Nc1cccc(C(=O)O)c1. The van der Waals surface area contributed by atoms with Gasteiger partial charge in [-0.2, -0.15) is 0 Å². The largest absolute Gasteiger partial charge is 0.478 e. The van der Waals surface area contributed by atoms with Crippen molar-refractivity contribution in [3.05, 3.63) is 74.7 Å². The summed E-state index contributed by atoms with van der Waals surface area (Å²) < 4.78 is 0. The average molecular weight is 397 g/mol. The minimum atomic E-state index is -1.07. The van der Waals surface area contributed by atoms with E-state index in [0.29, 0.717) is 27.9 Å². The van der Waals surface area contributed by atoms with Gasteiger partial charge in [0.25, 0.3) is 11.6 Å². The van der Waals surface area contributed by atoms with Crippen LogP contribution in [0.1, 0.15) is 22.8 Å². The summed E-state index contributed by atoms with van der Waals surface area (Å²) in [7, 11) is 0. The number of aromatic carboxylic acids is 1. The fourth-order valence-corrected chi connectivity index (χ4v) is 3.66. The highest BCUT2D eigenvalue weighted by Crippen LogP contribution is 2.35. The van der Waals surface area contributed by atoms with Gasteiger partial charge in [-0.15, -0.1) is 0 Å². The number of carboxylic acid groups (broad SMARTS) is 1. The number of hydrogen-bond donors (Lipinski definition) is 1. The molecule has 2 aromatic rings. The van der Waals surface area contributed by atoms with Crippen molar-refractivity contribution in [2.45, 2.75) is 6.92 Å². The van der Waals surface area contributed by atoms with Crippen molar-refractivity contribution in [1.29, 1.82) is 0 Å². The Labute approximate surface area is 164 Å². The van der Waals surface area contributed by atoms with E-state index in [1.54, 1.807) is 37.3 Å². The number of amides is 1. The van der Waals surface area contributed by atoms with Crippen molar-refractivity contribution in [2.24, 2.45) is 4.99 Å². The lowest BCUT2D eigenvalue weighted by Gasteiger charge is -2.12. The molecular formula is C19H15N3O5S. The van der Waals surface area contributed by atoms with Gasteiger partial charge in [0.1, 0.15) is 0 Å². The molecule has 1 amide bonds. The van der Waals surface area contributed by atoms with Crippen LogP contribution in [-0.2, 0) is 4.79 Å². The quantitative estimate of drug-likeness (QED) is 0.465. The number of carboxylic acids is 1. The molecule has 1 heterocycles. The van der Waals surface area contributed by atoms with Crippen LogP contribution in [0, 0.1) is 10.1 Å². The van der Waals surface area contributed by atoms with Crippen LogP contribution >= 0.6 is 11.8 Å². The van der Waals surface area contributed by atoms with E-state index in [2.05, 4.69) is 4.99 Å². The fourth-order valence-electron chi connectivity index (χ4n) is 2.61. The van der Waals surface area contributed by atoms with E-state index in [9.17, 15) is 19.7 Å². The zero-order chi connectivity index (χ0) is 20.3. The first-order valence-corrected chi connectivity index (χ1v) is 9.09. The van der Waals surface area contributed by atoms with Crippen LogP contribution in [0.5, 0.6) is 0 Å². The Bertz CT molecular complexity index is 1030. The van der Waals surface area contributed by atoms with E-state index in [-0.39, 0.29) is 17.2 Å². The van der Waals surface area contributed by atoms with Gasteiger partial charge in [-0.05, 0) is 49.0 Å². The van der Waals surface area contributed by atoms with Crippen LogP contribution in [0.3, 0.4) is 0 Å². The number of nitro groups is 1. The summed E-state index contributed by atoms with van der Waals surface area (Å²) in [5.41, 5.74) is 0.731. The van der Waals surface area contributed by atoms with Crippen molar-refractivity contribution in [1.82, 2.24) is 4.90 Å². The van der Waals surface area contributed by atoms with E-state index in [1.165, 1.54) is 29.2 Å². The number of aliphatic imine (C=N–C) groups is 1. The third-order valence-electron chi connectivity index (χ3n) is 3.94. The third-order valence-corrected chi connectivity index (χ3v) is 4.95. The summed E-state index contributed by atoms with van der Waals surface area (Å²) in [6, 6.07) is 12.3. The highest BCUT2D eigenvalue weighted by Gasteiger charge is 2.32. The van der Waals surface area contributed by atoms with Crippen molar-refractivity contribution in [3.63, 3.8) is 0 Å². The lowest BCUT2D eigenvalue weighted by Crippen LogP contribution is -2.28. The van der Waals surface area contributed by atoms with E-state index in [1.807, 2.05) is 0 Å². The summed E-state index contributed by atoms with van der Waals surface area (Å²) in [6.45, 7) is 2.15. The van der Waals surface area contributed by atoms with Gasteiger partial charge in [-0.25, -0.2) is 9.79 Å². The highest BCUT2D eigenvalue weighted by atomic mass is 32.2. The average Bonchev–Trinajstić information content (AvgIpc) is 2.96. The maximum absolute atomic E-state index is 12.7. The molecule has 0 unspecified atom stereocenters. The first-order valence-electron chi connectivity index (χ1n) is 8.27. The number of carbonyl (C=O) groups is 2. The predicted octanol–water partition coefficient (Wildman–Crippen LogP) is 3.92. The number of nitrogens with zero attached hydrogens (tertiary/aromatic N) is 3. The number of likely N-dealkylation sites (N-methyl/N-ethyl adjacent to an activating group) is 1. The third kappa shape index (κ3) is 3.94. The molecule has 8 nitrogen and oxygen atoms in total. The van der Waals surface area contributed by atoms with Gasteiger partial charge < -0.3 is 5.11 Å². The van der Waals surface area contributed by atoms with Gasteiger partial charge in [0.05, 0.1) is 26.6 Å². The van der Waals surface area contributed by atoms with Crippen LogP contribution in [0.15, 0.2) is 58.4 Å². The zero-order valence-corrected chi connectivity index (χ0v) is 15.5. The molecule has 0 aromatic heterocycles. The Morgan fingerprint density at radius 1 is 1.29 bits per heavy atom. The first kappa shape index (κ1) is 19.3. The number of rotatable bonds is 5. The Balaban J connectivity index is 1.99. The van der Waals surface area contributed by atoms with Gasteiger partial charge in [0.2, 0.25) is 0 Å². The second-order valence-electron chi connectivity index (χ2n) is 5.73. The van der Waals surface area contributed by atoms with E-state index < -0.39 is 10.9 Å². The molecule has 0 radical (unpaired) electrons. The lowest BCUT2D eigenvalue weighted by atomic mass is 10.1. The normalized spacial score (nSPS) is 16.8. The number of para-hydroxylation sites is 1. The van der Waals surface area contributed by atoms with Gasteiger partial charge in [0.15, 0.2) is 5.17 Å². The molecule has 0 atom stereocenters. The molecule has 0 spiro atoms. The number of benzene rings is 2. The van der Waals surface area contributed by atoms with Gasteiger partial charge in [0, 0.05) is 12.6 Å². The Kier molecular flexibility index (Phi) is 5.55. The number of thioether (sulfide) groups is 1. The number of hydrogen-bond acceptors (Lipinski definition) is 6. The van der Waals surface area contributed by atoms with Crippen LogP contribution in [-0.4, -0.2) is 38.5 Å². The van der Waals surface area contributed by atoms with Crippen molar-refractivity contribution in [2.75, 3.05) is 6.54 Å². The molecule has 0 saturated carbocycles. The first-order chi connectivity index (χ1) is 13.4. The van der Waals surface area contributed by atoms with E-state index in [4.69, 9.17) is 5.11 Å². The summed E-state index contributed by atoms with van der Waals surface area (Å²) in [5, 5.41) is 20.7. The van der Waals surface area contributed by atoms with Gasteiger partial charge in [-0.3, -0.25) is 19.8 Å². The highest BCUT2D eigenvalue weighted by molar-refractivity contribution is 8.18. The van der Waals surface area contributed by atoms with Crippen LogP contribution in [0.25, 0.3) is 6.08 Å². The molecule has 1 aliphatic rings. The minimum Gasteiger partial charge on any atom is -0.478 e. The second kappa shape index (κ2) is 8.05. The molecule has 0 bridgehead atoms. The summed E-state index contributed by atoms with van der Waals surface area (Å²) >= 11 is 1.09. The van der Waals surface area contributed by atoms with E-state index in [0.717, 1.165) is 11.8 Å². The Morgan fingerprint density at radius 3 is 2.71 bits per heavy atom. The zero-order valence-electron chi connectivity index (χ0n) is 14.7. The maximum atomic E-state index is 12.7. The molecule has 1 N–H and O–H groups in total. The topological polar surface area (TPSA) is 113 Å². The molecule has 9 heteroatoms. The molecule has 2 aromatic carbocycles. The van der Waals surface area contributed by atoms with Crippen molar-refractivity contribution >= 4 is 46.3 Å². The number of nitro benzene ring substituents is 1. The Morgan fingerprint density at radius 2 is 2.04 bits per heavy atom. The second-order valence-corrected chi connectivity index (χ2v) is 6.73. The number of carbonyl (C=O) groups excluding carboxylic acids is 1. The van der Waals surface area contributed by atoms with Crippen LogP contribution in [0.2, 0.25) is 0 Å². The fraction of sp³-hybridized carbons (Fsp3) is 0.105. The molecule has 1 saturated heterocycles. The lowest BCUT2D eigenvalue weighted by molar-refractivity contribution is -0.385. The minimum absolute atomic E-state index is 0.0917. The molecule has 3 rings (SSSR count). The monoisotopic (exact) mass is 397 g/mol. The van der Waals surface area contributed by atoms with Gasteiger partial charge in [-0.1, -0.05) is 18.2 Å².